The largest absolute Gasteiger partial charge is 0.378 e. The minimum absolute atomic E-state index is 0.0687. The van der Waals surface area contributed by atoms with Crippen LogP contribution in [0.25, 0.3) is 0 Å². The summed E-state index contributed by atoms with van der Waals surface area (Å²) in [5.74, 6) is 0.0864. The van der Waals surface area contributed by atoms with Crippen LogP contribution in [-0.4, -0.2) is 55.2 Å². The van der Waals surface area contributed by atoms with Gasteiger partial charge < -0.3 is 20.3 Å². The fraction of sp³-hybridized carbons (Fsp3) is 0.650. The lowest BCUT2D eigenvalue weighted by atomic mass is 9.54. The fourth-order valence-electron chi connectivity index (χ4n) is 4.10. The zero-order valence-electron chi connectivity index (χ0n) is 15.7. The van der Waals surface area contributed by atoms with Gasteiger partial charge in [0.15, 0.2) is 0 Å². The molecule has 2 fully saturated rings. The number of carbonyl (C=O) groups is 1. The first-order chi connectivity index (χ1) is 11.9. The zero-order chi connectivity index (χ0) is 18.1. The van der Waals surface area contributed by atoms with E-state index in [0.29, 0.717) is 13.0 Å². The molecule has 2 unspecified atom stereocenters. The first kappa shape index (κ1) is 18.2. The Labute approximate surface area is 151 Å². The molecular formula is C20H31N3O2. The molecule has 0 bridgehead atoms. The smallest absolute Gasteiger partial charge is 0.243 e. The Morgan fingerprint density at radius 2 is 1.92 bits per heavy atom. The van der Waals surface area contributed by atoms with Gasteiger partial charge >= 0.3 is 0 Å². The van der Waals surface area contributed by atoms with E-state index in [-0.39, 0.29) is 17.4 Å². The molecule has 1 heterocycles. The van der Waals surface area contributed by atoms with Crippen molar-refractivity contribution < 1.29 is 9.53 Å². The molecule has 1 amide bonds. The van der Waals surface area contributed by atoms with Crippen LogP contribution in [0.4, 0.5) is 5.69 Å². The number of nitrogens with zero attached hydrogens (tertiary/aromatic N) is 2. The minimum atomic E-state index is -0.811. The predicted molar refractivity (Wildman–Crippen MR) is 101 cm³/mol. The second kappa shape index (κ2) is 6.96. The average Bonchev–Trinajstić information content (AvgIpc) is 2.87. The Hall–Kier alpha value is -1.59. The number of hydrogen-bond donors (Lipinski definition) is 1. The monoisotopic (exact) mass is 345 g/mol. The van der Waals surface area contributed by atoms with Gasteiger partial charge in [0, 0.05) is 50.3 Å². The quantitative estimate of drug-likeness (QED) is 0.909. The van der Waals surface area contributed by atoms with Crippen molar-refractivity contribution >= 4 is 11.6 Å². The maximum atomic E-state index is 13.2. The van der Waals surface area contributed by atoms with Gasteiger partial charge in [0.05, 0.1) is 6.10 Å². The second-order valence-corrected chi connectivity index (χ2v) is 7.81. The third-order valence-corrected chi connectivity index (χ3v) is 6.12. The fourth-order valence-corrected chi connectivity index (χ4v) is 4.10. The van der Waals surface area contributed by atoms with Gasteiger partial charge in [-0.15, -0.1) is 0 Å². The van der Waals surface area contributed by atoms with Crippen LogP contribution < -0.4 is 10.6 Å². The summed E-state index contributed by atoms with van der Waals surface area (Å²) in [7, 11) is 0. The second-order valence-electron chi connectivity index (χ2n) is 7.81. The van der Waals surface area contributed by atoms with Gasteiger partial charge in [-0.3, -0.25) is 4.79 Å². The van der Waals surface area contributed by atoms with E-state index in [9.17, 15) is 4.79 Å². The van der Waals surface area contributed by atoms with Crippen molar-refractivity contribution in [2.45, 2.75) is 45.3 Å². The first-order valence-electron chi connectivity index (χ1n) is 9.40. The van der Waals surface area contributed by atoms with Gasteiger partial charge in [0.2, 0.25) is 5.91 Å². The predicted octanol–water partition coefficient (Wildman–Crippen LogP) is 2.26. The highest BCUT2D eigenvalue weighted by Crippen LogP contribution is 2.50. The van der Waals surface area contributed by atoms with E-state index < -0.39 is 5.54 Å². The molecule has 2 aliphatic rings. The molecule has 1 aliphatic heterocycles. The van der Waals surface area contributed by atoms with Crippen LogP contribution in [0, 0.1) is 5.41 Å². The van der Waals surface area contributed by atoms with Crippen molar-refractivity contribution in [1.82, 2.24) is 4.90 Å². The molecule has 0 spiro atoms. The highest BCUT2D eigenvalue weighted by Gasteiger charge is 2.63. The molecular weight excluding hydrogens is 314 g/mol. The van der Waals surface area contributed by atoms with Crippen molar-refractivity contribution in [3.8, 4) is 0 Å². The topological polar surface area (TPSA) is 58.8 Å². The maximum absolute atomic E-state index is 13.2. The van der Waals surface area contributed by atoms with Crippen molar-refractivity contribution in [2.24, 2.45) is 11.1 Å². The molecule has 1 saturated carbocycles. The van der Waals surface area contributed by atoms with E-state index in [1.807, 2.05) is 17.9 Å². The third-order valence-electron chi connectivity index (χ3n) is 6.12. The minimum Gasteiger partial charge on any atom is -0.378 e. The van der Waals surface area contributed by atoms with E-state index in [0.717, 1.165) is 32.6 Å². The molecule has 5 nitrogen and oxygen atoms in total. The normalized spacial score (nSPS) is 29.0. The molecule has 1 saturated heterocycles. The van der Waals surface area contributed by atoms with Crippen molar-refractivity contribution in [1.29, 1.82) is 0 Å². The van der Waals surface area contributed by atoms with Gasteiger partial charge in [-0.05, 0) is 25.5 Å². The Balaban J connectivity index is 1.66. The van der Waals surface area contributed by atoms with Crippen LogP contribution in [0.1, 0.15) is 33.6 Å². The lowest BCUT2D eigenvalue weighted by molar-refractivity contribution is -0.179. The van der Waals surface area contributed by atoms with Crippen LogP contribution in [0.5, 0.6) is 0 Å². The highest BCUT2D eigenvalue weighted by atomic mass is 16.5. The van der Waals surface area contributed by atoms with Gasteiger partial charge in [0.1, 0.15) is 5.54 Å². The number of para-hydroxylation sites is 1. The standard InChI is InChI=1S/C20H31N3O2/c1-4-25-17-15-20(21,19(17,2)3)18(24)23-12-8-11-22(13-14-23)16-9-6-5-7-10-16/h5-7,9-10,17H,4,8,11-15,21H2,1-3H3. The summed E-state index contributed by atoms with van der Waals surface area (Å²) >= 11 is 0. The number of nitrogens with two attached hydrogens (primary N) is 1. The number of ether oxygens (including phenoxy) is 1. The van der Waals surface area contributed by atoms with E-state index in [1.54, 1.807) is 0 Å². The number of rotatable bonds is 4. The van der Waals surface area contributed by atoms with E-state index in [1.165, 1.54) is 5.69 Å². The van der Waals surface area contributed by atoms with Crippen molar-refractivity contribution in [2.75, 3.05) is 37.7 Å². The summed E-state index contributed by atoms with van der Waals surface area (Å²) in [6.45, 7) is 10.1. The number of benzene rings is 1. The lowest BCUT2D eigenvalue weighted by Gasteiger charge is -2.58. The van der Waals surface area contributed by atoms with Crippen LogP contribution in [0.15, 0.2) is 30.3 Å². The molecule has 1 aliphatic carbocycles. The molecule has 1 aromatic rings. The van der Waals surface area contributed by atoms with E-state index >= 15 is 0 Å². The Morgan fingerprint density at radius 3 is 2.56 bits per heavy atom. The molecule has 5 heteroatoms. The van der Waals surface area contributed by atoms with Crippen molar-refractivity contribution in [3.05, 3.63) is 30.3 Å². The van der Waals surface area contributed by atoms with Crippen LogP contribution in [0.2, 0.25) is 0 Å². The molecule has 2 atom stereocenters. The first-order valence-corrected chi connectivity index (χ1v) is 9.40. The van der Waals surface area contributed by atoms with Crippen LogP contribution in [0.3, 0.4) is 0 Å². The number of hydrogen-bond acceptors (Lipinski definition) is 4. The SMILES string of the molecule is CCOC1CC(N)(C(=O)N2CCCN(c3ccccc3)CC2)C1(C)C. The highest BCUT2D eigenvalue weighted by molar-refractivity contribution is 5.89. The summed E-state index contributed by atoms with van der Waals surface area (Å²) in [4.78, 5) is 17.5. The maximum Gasteiger partial charge on any atom is 0.243 e. The number of amides is 1. The summed E-state index contributed by atoms with van der Waals surface area (Å²) in [6, 6.07) is 10.4. The molecule has 0 aromatic heterocycles. The van der Waals surface area contributed by atoms with Crippen LogP contribution in [-0.2, 0) is 9.53 Å². The average molecular weight is 345 g/mol. The molecule has 25 heavy (non-hydrogen) atoms. The molecule has 1 aromatic carbocycles. The lowest BCUT2D eigenvalue weighted by Crippen LogP contribution is -2.76. The Morgan fingerprint density at radius 1 is 1.20 bits per heavy atom. The van der Waals surface area contributed by atoms with Gasteiger partial charge in [-0.2, -0.15) is 0 Å². The third kappa shape index (κ3) is 3.15. The Kier molecular flexibility index (Phi) is 5.07. The zero-order valence-corrected chi connectivity index (χ0v) is 15.7. The molecule has 3 rings (SSSR count). The van der Waals surface area contributed by atoms with E-state index in [4.69, 9.17) is 10.5 Å². The summed E-state index contributed by atoms with van der Waals surface area (Å²) in [6.07, 6.45) is 1.65. The molecule has 138 valence electrons. The van der Waals surface area contributed by atoms with Gasteiger partial charge in [0.25, 0.3) is 0 Å². The van der Waals surface area contributed by atoms with Gasteiger partial charge in [-0.1, -0.05) is 32.0 Å². The number of carbonyl (C=O) groups excluding carboxylic acids is 1. The van der Waals surface area contributed by atoms with E-state index in [2.05, 4.69) is 43.0 Å². The summed E-state index contributed by atoms with van der Waals surface area (Å²) in [5, 5.41) is 0. The van der Waals surface area contributed by atoms with Crippen LogP contribution >= 0.6 is 0 Å². The van der Waals surface area contributed by atoms with Gasteiger partial charge in [-0.25, -0.2) is 0 Å². The molecule has 2 N–H and O–H groups in total. The summed E-state index contributed by atoms with van der Waals surface area (Å²) in [5.41, 5.74) is 6.67. The summed E-state index contributed by atoms with van der Waals surface area (Å²) < 4.78 is 5.77. The van der Waals surface area contributed by atoms with Crippen molar-refractivity contribution in [3.63, 3.8) is 0 Å². The Bertz CT molecular complexity index is 604. The number of anilines is 1. The molecule has 0 radical (unpaired) electrons.